The van der Waals surface area contributed by atoms with Crippen LogP contribution in [0.15, 0.2) is 42.6 Å². The summed E-state index contributed by atoms with van der Waals surface area (Å²) >= 11 is 0. The highest BCUT2D eigenvalue weighted by atomic mass is 19.1. The Bertz CT molecular complexity index is 585. The van der Waals surface area contributed by atoms with Gasteiger partial charge in [-0.2, -0.15) is 4.39 Å². The van der Waals surface area contributed by atoms with Crippen molar-refractivity contribution >= 4 is 5.91 Å². The van der Waals surface area contributed by atoms with Gasteiger partial charge >= 0.3 is 0 Å². The first kappa shape index (κ1) is 14.1. The maximum Gasteiger partial charge on any atom is 0.253 e. The third-order valence-electron chi connectivity index (χ3n) is 2.85. The molecular formula is C15H15FN2O2. The van der Waals surface area contributed by atoms with Gasteiger partial charge in [0.1, 0.15) is 0 Å². The van der Waals surface area contributed by atoms with Crippen LogP contribution in [0.25, 0.3) is 0 Å². The SMILES string of the molecule is COCc1ccccc1CNC(=O)c1ccc(F)nc1. The number of carbonyl (C=O) groups is 1. The van der Waals surface area contributed by atoms with Crippen LogP contribution in [0.4, 0.5) is 4.39 Å². The Morgan fingerprint density at radius 3 is 2.65 bits per heavy atom. The van der Waals surface area contributed by atoms with Gasteiger partial charge in [-0.3, -0.25) is 4.79 Å². The summed E-state index contributed by atoms with van der Waals surface area (Å²) in [5.74, 6) is -0.892. The van der Waals surface area contributed by atoms with E-state index in [0.29, 0.717) is 18.7 Å². The van der Waals surface area contributed by atoms with Crippen molar-refractivity contribution in [2.45, 2.75) is 13.2 Å². The van der Waals surface area contributed by atoms with Gasteiger partial charge in [-0.25, -0.2) is 4.98 Å². The predicted octanol–water partition coefficient (Wildman–Crippen LogP) is 2.30. The van der Waals surface area contributed by atoms with Crippen LogP contribution in [-0.4, -0.2) is 18.0 Å². The topological polar surface area (TPSA) is 51.2 Å². The molecule has 0 aliphatic heterocycles. The van der Waals surface area contributed by atoms with E-state index in [-0.39, 0.29) is 5.91 Å². The van der Waals surface area contributed by atoms with Crippen LogP contribution < -0.4 is 5.32 Å². The molecule has 1 N–H and O–H groups in total. The Morgan fingerprint density at radius 2 is 2.00 bits per heavy atom. The van der Waals surface area contributed by atoms with Crippen LogP contribution in [0.3, 0.4) is 0 Å². The van der Waals surface area contributed by atoms with Crippen LogP contribution in [-0.2, 0) is 17.9 Å². The summed E-state index contributed by atoms with van der Waals surface area (Å²) < 4.78 is 17.8. The van der Waals surface area contributed by atoms with Crippen molar-refractivity contribution in [2.75, 3.05) is 7.11 Å². The highest BCUT2D eigenvalue weighted by molar-refractivity contribution is 5.93. The van der Waals surface area contributed by atoms with Crippen molar-refractivity contribution in [2.24, 2.45) is 0 Å². The molecule has 1 aromatic heterocycles. The highest BCUT2D eigenvalue weighted by Gasteiger charge is 2.07. The summed E-state index contributed by atoms with van der Waals surface area (Å²) in [4.78, 5) is 15.3. The van der Waals surface area contributed by atoms with Crippen LogP contribution in [0, 0.1) is 5.95 Å². The minimum Gasteiger partial charge on any atom is -0.380 e. The molecule has 0 bridgehead atoms. The molecule has 5 heteroatoms. The molecule has 104 valence electrons. The number of nitrogens with one attached hydrogen (secondary N) is 1. The summed E-state index contributed by atoms with van der Waals surface area (Å²) in [6.07, 6.45) is 1.21. The quantitative estimate of drug-likeness (QED) is 0.851. The number of amides is 1. The molecule has 4 nitrogen and oxygen atoms in total. The maximum atomic E-state index is 12.7. The summed E-state index contributed by atoms with van der Waals surface area (Å²) in [7, 11) is 1.62. The molecule has 0 aliphatic carbocycles. The fourth-order valence-electron chi connectivity index (χ4n) is 1.81. The van der Waals surface area contributed by atoms with Gasteiger partial charge in [0, 0.05) is 19.9 Å². The predicted molar refractivity (Wildman–Crippen MR) is 72.5 cm³/mol. The molecule has 2 rings (SSSR count). The number of halogens is 1. The number of carbonyl (C=O) groups excluding carboxylic acids is 1. The summed E-state index contributed by atoms with van der Waals surface area (Å²) in [5.41, 5.74) is 2.33. The van der Waals surface area contributed by atoms with Crippen LogP contribution in [0.5, 0.6) is 0 Å². The van der Waals surface area contributed by atoms with Crippen molar-refractivity contribution in [1.29, 1.82) is 0 Å². The normalized spacial score (nSPS) is 10.3. The molecule has 0 aliphatic rings. The van der Waals surface area contributed by atoms with E-state index in [1.54, 1.807) is 7.11 Å². The first-order chi connectivity index (χ1) is 9.70. The van der Waals surface area contributed by atoms with Gasteiger partial charge in [-0.1, -0.05) is 24.3 Å². The second-order valence-electron chi connectivity index (χ2n) is 4.25. The molecule has 0 radical (unpaired) electrons. The Kier molecular flexibility index (Phi) is 4.79. The van der Waals surface area contributed by atoms with E-state index >= 15 is 0 Å². The molecule has 20 heavy (non-hydrogen) atoms. The van der Waals surface area contributed by atoms with Gasteiger partial charge in [0.2, 0.25) is 5.95 Å². The number of rotatable bonds is 5. The van der Waals surface area contributed by atoms with Crippen LogP contribution >= 0.6 is 0 Å². The van der Waals surface area contributed by atoms with Crippen LogP contribution in [0.2, 0.25) is 0 Å². The first-order valence-corrected chi connectivity index (χ1v) is 6.16. The summed E-state index contributed by atoms with van der Waals surface area (Å²) in [6, 6.07) is 10.3. The van der Waals surface area contributed by atoms with E-state index in [4.69, 9.17) is 4.74 Å². The van der Waals surface area contributed by atoms with Gasteiger partial charge in [0.25, 0.3) is 5.91 Å². The minimum absolute atomic E-state index is 0.287. The lowest BCUT2D eigenvalue weighted by Gasteiger charge is -2.10. The molecule has 0 fully saturated rings. The minimum atomic E-state index is -0.605. The molecule has 0 saturated heterocycles. The van der Waals surface area contributed by atoms with Gasteiger partial charge in [0.15, 0.2) is 0 Å². The molecule has 0 unspecified atom stereocenters. The Morgan fingerprint density at radius 1 is 1.25 bits per heavy atom. The number of ether oxygens (including phenoxy) is 1. The zero-order chi connectivity index (χ0) is 14.4. The summed E-state index contributed by atoms with van der Waals surface area (Å²) in [6.45, 7) is 0.875. The van der Waals surface area contributed by atoms with Crippen LogP contribution in [0.1, 0.15) is 21.5 Å². The maximum absolute atomic E-state index is 12.7. The van der Waals surface area contributed by atoms with E-state index in [9.17, 15) is 9.18 Å². The van der Waals surface area contributed by atoms with E-state index < -0.39 is 5.95 Å². The second kappa shape index (κ2) is 6.77. The Labute approximate surface area is 116 Å². The number of hydrogen-bond donors (Lipinski definition) is 1. The molecule has 1 heterocycles. The van der Waals surface area contributed by atoms with E-state index in [1.165, 1.54) is 12.3 Å². The molecule has 0 saturated carbocycles. The van der Waals surface area contributed by atoms with Gasteiger partial charge in [-0.05, 0) is 23.3 Å². The van der Waals surface area contributed by atoms with Gasteiger partial charge < -0.3 is 10.1 Å². The largest absolute Gasteiger partial charge is 0.380 e. The van der Waals surface area contributed by atoms with Gasteiger partial charge in [0.05, 0.1) is 12.2 Å². The Hall–Kier alpha value is -2.27. The number of nitrogens with zero attached hydrogens (tertiary/aromatic N) is 1. The number of pyridine rings is 1. The molecule has 1 amide bonds. The molecule has 0 spiro atoms. The standard InChI is InChI=1S/C15H15FN2O2/c1-20-10-13-5-3-2-4-11(13)8-18-15(19)12-6-7-14(16)17-9-12/h2-7,9H,8,10H2,1H3,(H,18,19). The number of hydrogen-bond acceptors (Lipinski definition) is 3. The number of benzene rings is 1. The molecule has 1 aromatic carbocycles. The first-order valence-electron chi connectivity index (χ1n) is 6.16. The smallest absolute Gasteiger partial charge is 0.253 e. The molecular weight excluding hydrogens is 259 g/mol. The molecule has 0 atom stereocenters. The van der Waals surface area contributed by atoms with E-state index in [2.05, 4.69) is 10.3 Å². The third-order valence-corrected chi connectivity index (χ3v) is 2.85. The van der Waals surface area contributed by atoms with Crippen molar-refractivity contribution < 1.29 is 13.9 Å². The second-order valence-corrected chi connectivity index (χ2v) is 4.25. The zero-order valence-corrected chi connectivity index (χ0v) is 11.1. The molecule has 2 aromatic rings. The zero-order valence-electron chi connectivity index (χ0n) is 11.1. The fourth-order valence-corrected chi connectivity index (χ4v) is 1.81. The Balaban J connectivity index is 2.01. The lowest BCUT2D eigenvalue weighted by Crippen LogP contribution is -2.23. The average Bonchev–Trinajstić information content (AvgIpc) is 2.47. The number of methoxy groups -OCH3 is 1. The monoisotopic (exact) mass is 274 g/mol. The number of aromatic nitrogens is 1. The lowest BCUT2D eigenvalue weighted by atomic mass is 10.1. The van der Waals surface area contributed by atoms with Crippen molar-refractivity contribution in [1.82, 2.24) is 10.3 Å². The van der Waals surface area contributed by atoms with Gasteiger partial charge in [-0.15, -0.1) is 0 Å². The van der Waals surface area contributed by atoms with Crippen molar-refractivity contribution in [3.63, 3.8) is 0 Å². The van der Waals surface area contributed by atoms with E-state index in [0.717, 1.165) is 17.2 Å². The lowest BCUT2D eigenvalue weighted by molar-refractivity contribution is 0.0950. The van der Waals surface area contributed by atoms with Crippen molar-refractivity contribution in [3.8, 4) is 0 Å². The summed E-state index contributed by atoms with van der Waals surface area (Å²) in [5, 5.41) is 2.78. The van der Waals surface area contributed by atoms with E-state index in [1.807, 2.05) is 24.3 Å². The highest BCUT2D eigenvalue weighted by Crippen LogP contribution is 2.10. The fraction of sp³-hybridized carbons (Fsp3) is 0.200. The van der Waals surface area contributed by atoms with Crippen molar-refractivity contribution in [3.05, 3.63) is 65.2 Å². The third kappa shape index (κ3) is 3.61. The average molecular weight is 274 g/mol.